The van der Waals surface area contributed by atoms with Gasteiger partial charge in [0.2, 0.25) is 0 Å². The van der Waals surface area contributed by atoms with Crippen molar-refractivity contribution in [2.75, 3.05) is 0 Å². The summed E-state index contributed by atoms with van der Waals surface area (Å²) in [5.74, 6) is -0.197. The van der Waals surface area contributed by atoms with Gasteiger partial charge in [0.05, 0.1) is 16.8 Å². The van der Waals surface area contributed by atoms with Crippen molar-refractivity contribution >= 4 is 54.6 Å². The fourth-order valence-electron chi connectivity index (χ4n) is 3.23. The molecule has 3 aromatic rings. The van der Waals surface area contributed by atoms with E-state index in [9.17, 15) is 9.70 Å². The van der Waals surface area contributed by atoms with Crippen LogP contribution < -0.4 is 10.9 Å². The molecule has 6 heteroatoms. The molecule has 2 aromatic carbocycles. The number of rotatable bonds is 2. The number of hydrogen-bond donors (Lipinski definition) is 0. The molecule has 1 heterocycles. The van der Waals surface area contributed by atoms with E-state index in [1.165, 1.54) is 0 Å². The Morgan fingerprint density at radius 3 is 2.33 bits per heavy atom. The Hall–Kier alpha value is -3.01. The maximum atomic E-state index is 12.8. The molecule has 0 spiro atoms. The van der Waals surface area contributed by atoms with Crippen molar-refractivity contribution in [3.05, 3.63) is 70.3 Å². The van der Waals surface area contributed by atoms with Gasteiger partial charge in [-0.05, 0) is 16.6 Å². The molecule has 1 aromatic heterocycles. The quantitative estimate of drug-likeness (QED) is 0.514. The van der Waals surface area contributed by atoms with Gasteiger partial charge in [-0.2, -0.15) is 0 Å². The number of benzene rings is 2. The van der Waals surface area contributed by atoms with Crippen LogP contribution in [-0.4, -0.2) is 26.5 Å². The summed E-state index contributed by atoms with van der Waals surface area (Å²) in [5, 5.41) is 4.17. The number of nitroso groups, excluding NO2 is 1. The van der Waals surface area contributed by atoms with Crippen molar-refractivity contribution in [3.8, 4) is 0 Å². The maximum absolute atomic E-state index is 12.8. The molecule has 0 radical (unpaired) electrons. The van der Waals surface area contributed by atoms with Crippen molar-refractivity contribution in [2.45, 2.75) is 0 Å². The lowest BCUT2D eigenvalue weighted by molar-refractivity contribution is 0.105. The fourth-order valence-corrected chi connectivity index (χ4v) is 3.23. The smallest absolute Gasteiger partial charge is 0.198 e. The van der Waals surface area contributed by atoms with Crippen LogP contribution in [0.15, 0.2) is 53.7 Å². The Labute approximate surface area is 140 Å². The van der Waals surface area contributed by atoms with Gasteiger partial charge in [0.1, 0.15) is 21.4 Å². The van der Waals surface area contributed by atoms with Crippen LogP contribution in [-0.2, 0) is 0 Å². The number of allylic oxidation sites excluding steroid dienone is 1. The topological polar surface area (TPSA) is 59.4 Å². The zero-order valence-corrected chi connectivity index (χ0v) is 13.3. The molecule has 0 amide bonds. The van der Waals surface area contributed by atoms with E-state index in [1.54, 1.807) is 30.3 Å². The van der Waals surface area contributed by atoms with Crippen LogP contribution in [0.1, 0.15) is 21.6 Å². The number of nitrogens with zero attached hydrogens (tertiary/aromatic N) is 2. The lowest BCUT2D eigenvalue weighted by Gasteiger charge is -2.08. The molecule has 0 bridgehead atoms. The molecule has 4 nitrogen and oxygen atoms in total. The summed E-state index contributed by atoms with van der Waals surface area (Å²) < 4.78 is 0. The third-order valence-corrected chi connectivity index (χ3v) is 4.52. The Morgan fingerprint density at radius 1 is 0.875 bits per heavy atom. The highest BCUT2D eigenvalue weighted by atomic mass is 16.3. The van der Waals surface area contributed by atoms with Crippen LogP contribution in [0.3, 0.4) is 0 Å². The monoisotopic (exact) mass is 310 g/mol. The molecule has 24 heavy (non-hydrogen) atoms. The lowest BCUT2D eigenvalue weighted by Crippen LogP contribution is -2.15. The second kappa shape index (κ2) is 5.27. The average Bonchev–Trinajstić information content (AvgIpc) is 2.90. The molecular formula is C18H12B2N2O2. The first kappa shape index (κ1) is 14.6. The first-order valence-electron chi connectivity index (χ1n) is 7.71. The average molecular weight is 310 g/mol. The van der Waals surface area contributed by atoms with Gasteiger partial charge in [-0.3, -0.25) is 4.79 Å². The summed E-state index contributed by atoms with van der Waals surface area (Å²) >= 11 is 0. The van der Waals surface area contributed by atoms with Crippen LogP contribution in [0, 0.1) is 4.91 Å². The first-order valence-corrected chi connectivity index (χ1v) is 7.71. The zero-order valence-electron chi connectivity index (χ0n) is 13.3. The van der Waals surface area contributed by atoms with E-state index in [4.69, 9.17) is 0 Å². The van der Waals surface area contributed by atoms with Crippen LogP contribution in [0.2, 0.25) is 0 Å². The molecule has 0 atom stereocenters. The number of fused-ring (bicyclic) bond motifs is 2. The molecule has 0 saturated carbocycles. The van der Waals surface area contributed by atoms with Crippen molar-refractivity contribution in [1.29, 1.82) is 0 Å². The van der Waals surface area contributed by atoms with Crippen LogP contribution in [0.4, 0.5) is 0 Å². The fraction of sp³-hybridized carbons (Fsp3) is 0. The van der Waals surface area contributed by atoms with Gasteiger partial charge < -0.3 is 0 Å². The van der Waals surface area contributed by atoms with E-state index in [0.29, 0.717) is 16.8 Å². The number of aromatic nitrogens is 1. The Morgan fingerprint density at radius 2 is 1.58 bits per heavy atom. The molecular weight excluding hydrogens is 298 g/mol. The minimum absolute atomic E-state index is 0.174. The van der Waals surface area contributed by atoms with Gasteiger partial charge in [0, 0.05) is 11.1 Å². The third kappa shape index (κ3) is 1.96. The maximum Gasteiger partial charge on any atom is 0.198 e. The standard InChI is InChI=1S/C18H12B2N2O2/c19-12-6-7-13(20)16-11(12)5-8-14(21-16)15-17(22-24)9-3-1-2-4-10(9)18(15)23/h1-8H,19-20H2. The molecule has 0 unspecified atom stereocenters. The summed E-state index contributed by atoms with van der Waals surface area (Å²) in [6, 6.07) is 14.8. The number of carbonyl (C=O) groups is 1. The SMILES string of the molecule is Bc1ccc(B)c2nc(C3=C(N=O)c4ccccc4C3=O)ccc12. The summed E-state index contributed by atoms with van der Waals surface area (Å²) in [6.45, 7) is 0. The Kier molecular flexibility index (Phi) is 3.20. The van der Waals surface area contributed by atoms with Crippen molar-refractivity contribution < 1.29 is 4.79 Å². The Balaban J connectivity index is 2.00. The molecule has 112 valence electrons. The van der Waals surface area contributed by atoms with E-state index in [-0.39, 0.29) is 17.1 Å². The van der Waals surface area contributed by atoms with Gasteiger partial charge >= 0.3 is 0 Å². The zero-order chi connectivity index (χ0) is 16.8. The van der Waals surface area contributed by atoms with Crippen LogP contribution in [0.25, 0.3) is 22.2 Å². The van der Waals surface area contributed by atoms with Crippen molar-refractivity contribution in [3.63, 3.8) is 0 Å². The number of ketones is 1. The molecule has 1 aliphatic rings. The van der Waals surface area contributed by atoms with Crippen molar-refractivity contribution in [2.24, 2.45) is 5.18 Å². The van der Waals surface area contributed by atoms with Gasteiger partial charge in [0.25, 0.3) is 0 Å². The Bertz CT molecular complexity index is 1070. The predicted octanol–water partition coefficient (Wildman–Crippen LogP) is 0.583. The highest BCUT2D eigenvalue weighted by molar-refractivity contribution is 6.45. The van der Waals surface area contributed by atoms with E-state index >= 15 is 0 Å². The number of Topliss-reactive ketones (excluding diaryl/α,β-unsaturated/α-hetero) is 1. The summed E-state index contributed by atoms with van der Waals surface area (Å²) in [7, 11) is 4.01. The molecule has 0 saturated heterocycles. The molecule has 0 N–H and O–H groups in total. The number of carbonyl (C=O) groups excluding carboxylic acids is 1. The minimum Gasteiger partial charge on any atom is -0.288 e. The molecule has 1 aliphatic carbocycles. The minimum atomic E-state index is -0.197. The van der Waals surface area contributed by atoms with Crippen LogP contribution >= 0.6 is 0 Å². The number of hydrogen-bond acceptors (Lipinski definition) is 4. The second-order valence-corrected chi connectivity index (χ2v) is 5.98. The van der Waals surface area contributed by atoms with Crippen LogP contribution in [0.5, 0.6) is 0 Å². The lowest BCUT2D eigenvalue weighted by atomic mass is 9.84. The predicted molar refractivity (Wildman–Crippen MR) is 101 cm³/mol. The molecule has 0 fully saturated rings. The van der Waals surface area contributed by atoms with E-state index in [1.807, 2.05) is 33.9 Å². The summed E-state index contributed by atoms with van der Waals surface area (Å²) in [6.07, 6.45) is 0. The van der Waals surface area contributed by atoms with Gasteiger partial charge in [-0.15, -0.1) is 4.91 Å². The van der Waals surface area contributed by atoms with Gasteiger partial charge in [0.15, 0.2) is 5.78 Å². The third-order valence-electron chi connectivity index (χ3n) is 4.52. The van der Waals surface area contributed by atoms with Gasteiger partial charge in [-0.25, -0.2) is 4.98 Å². The second-order valence-electron chi connectivity index (χ2n) is 5.98. The molecule has 0 aliphatic heterocycles. The largest absolute Gasteiger partial charge is 0.288 e. The number of pyridine rings is 1. The summed E-state index contributed by atoms with van der Waals surface area (Å²) in [5.41, 5.74) is 5.03. The van der Waals surface area contributed by atoms with E-state index in [0.717, 1.165) is 21.8 Å². The normalized spacial score (nSPS) is 13.4. The van der Waals surface area contributed by atoms with Crippen molar-refractivity contribution in [1.82, 2.24) is 4.98 Å². The highest BCUT2D eigenvalue weighted by Crippen LogP contribution is 2.38. The molecule has 4 rings (SSSR count). The van der Waals surface area contributed by atoms with Gasteiger partial charge in [-0.1, -0.05) is 53.4 Å². The highest BCUT2D eigenvalue weighted by Gasteiger charge is 2.32. The summed E-state index contributed by atoms with van der Waals surface area (Å²) in [4.78, 5) is 28.8. The van der Waals surface area contributed by atoms with E-state index < -0.39 is 0 Å². The first-order chi connectivity index (χ1) is 11.6. The van der Waals surface area contributed by atoms with E-state index in [2.05, 4.69) is 10.2 Å².